The molecular formula is C16H21ClN4. The molecule has 0 amide bonds. The molecule has 1 aliphatic heterocycles. The van der Waals surface area contributed by atoms with Crippen LogP contribution >= 0.6 is 11.6 Å². The predicted octanol–water partition coefficient (Wildman–Crippen LogP) is 2.92. The highest BCUT2D eigenvalue weighted by Gasteiger charge is 2.22. The van der Waals surface area contributed by atoms with Gasteiger partial charge in [0.1, 0.15) is 5.82 Å². The second-order valence-corrected chi connectivity index (χ2v) is 5.86. The van der Waals surface area contributed by atoms with Crippen molar-refractivity contribution in [2.45, 2.75) is 32.5 Å². The van der Waals surface area contributed by atoms with Gasteiger partial charge < -0.3 is 14.8 Å². The summed E-state index contributed by atoms with van der Waals surface area (Å²) in [6.45, 7) is 6.03. The van der Waals surface area contributed by atoms with E-state index in [4.69, 9.17) is 11.6 Å². The van der Waals surface area contributed by atoms with Gasteiger partial charge in [0, 0.05) is 48.8 Å². The van der Waals surface area contributed by atoms with Gasteiger partial charge in [-0.15, -0.1) is 0 Å². The Bertz CT molecular complexity index is 595. The van der Waals surface area contributed by atoms with Crippen LogP contribution in [-0.4, -0.2) is 28.7 Å². The molecule has 1 N–H and O–H groups in total. The standard InChI is InChI=1S/C16H21ClN4/c1-2-20-9-7-18-16(20)11-19-14-6-8-21(12-14)15-5-3-4-13(17)10-15/h3-5,7,9-10,14,19H,2,6,8,11-12H2,1H3/t14-/m0/s1. The lowest BCUT2D eigenvalue weighted by atomic mass is 10.2. The highest BCUT2D eigenvalue weighted by molar-refractivity contribution is 6.30. The van der Waals surface area contributed by atoms with Gasteiger partial charge in [-0.3, -0.25) is 0 Å². The Hall–Kier alpha value is -1.52. The van der Waals surface area contributed by atoms with Gasteiger partial charge in [0.15, 0.2) is 0 Å². The minimum Gasteiger partial charge on any atom is -0.370 e. The fraction of sp³-hybridized carbons (Fsp3) is 0.438. The second kappa shape index (κ2) is 6.50. The van der Waals surface area contributed by atoms with Gasteiger partial charge in [-0.25, -0.2) is 4.98 Å². The molecule has 4 nitrogen and oxygen atoms in total. The number of hydrogen-bond donors (Lipinski definition) is 1. The van der Waals surface area contributed by atoms with Crippen molar-refractivity contribution in [3.05, 3.63) is 47.5 Å². The van der Waals surface area contributed by atoms with Crippen LogP contribution in [0.25, 0.3) is 0 Å². The van der Waals surface area contributed by atoms with Crippen LogP contribution in [-0.2, 0) is 13.1 Å². The number of aromatic nitrogens is 2. The number of halogens is 1. The highest BCUT2D eigenvalue weighted by Crippen LogP contribution is 2.23. The van der Waals surface area contributed by atoms with E-state index in [2.05, 4.69) is 32.8 Å². The third-order valence-electron chi connectivity index (χ3n) is 4.05. The molecule has 0 aliphatic carbocycles. The molecule has 2 heterocycles. The van der Waals surface area contributed by atoms with Crippen LogP contribution in [0.5, 0.6) is 0 Å². The van der Waals surface area contributed by atoms with Gasteiger partial charge in [-0.05, 0) is 31.5 Å². The lowest BCUT2D eigenvalue weighted by Crippen LogP contribution is -2.32. The number of hydrogen-bond acceptors (Lipinski definition) is 3. The second-order valence-electron chi connectivity index (χ2n) is 5.42. The molecule has 5 heteroatoms. The van der Waals surface area contributed by atoms with Crippen LogP contribution < -0.4 is 10.2 Å². The zero-order valence-electron chi connectivity index (χ0n) is 12.3. The number of aryl methyl sites for hydroxylation is 1. The van der Waals surface area contributed by atoms with E-state index in [-0.39, 0.29) is 0 Å². The summed E-state index contributed by atoms with van der Waals surface area (Å²) in [6.07, 6.45) is 5.05. The van der Waals surface area contributed by atoms with E-state index in [1.165, 1.54) is 5.69 Å². The molecule has 0 unspecified atom stereocenters. The number of rotatable bonds is 5. The molecule has 1 aromatic heterocycles. The Labute approximate surface area is 130 Å². The Morgan fingerprint density at radius 1 is 1.43 bits per heavy atom. The van der Waals surface area contributed by atoms with E-state index in [0.29, 0.717) is 6.04 Å². The first kappa shape index (κ1) is 14.4. The van der Waals surface area contributed by atoms with Gasteiger partial charge in [-0.2, -0.15) is 0 Å². The molecule has 112 valence electrons. The van der Waals surface area contributed by atoms with Crippen molar-refractivity contribution in [3.8, 4) is 0 Å². The smallest absolute Gasteiger partial charge is 0.122 e. The monoisotopic (exact) mass is 304 g/mol. The van der Waals surface area contributed by atoms with Gasteiger partial charge in [-0.1, -0.05) is 17.7 Å². The molecule has 21 heavy (non-hydrogen) atoms. The summed E-state index contributed by atoms with van der Waals surface area (Å²) in [5.74, 6) is 1.11. The maximum atomic E-state index is 6.07. The average Bonchev–Trinajstić information content (AvgIpc) is 3.14. The predicted molar refractivity (Wildman–Crippen MR) is 86.8 cm³/mol. The van der Waals surface area contributed by atoms with Gasteiger partial charge in [0.05, 0.1) is 6.54 Å². The maximum absolute atomic E-state index is 6.07. The molecule has 1 aromatic carbocycles. The molecule has 2 aromatic rings. The van der Waals surface area contributed by atoms with E-state index in [9.17, 15) is 0 Å². The molecular weight excluding hydrogens is 284 g/mol. The number of anilines is 1. The molecule has 1 fully saturated rings. The first-order valence-corrected chi connectivity index (χ1v) is 7.88. The largest absolute Gasteiger partial charge is 0.370 e. The van der Waals surface area contributed by atoms with Gasteiger partial charge >= 0.3 is 0 Å². The molecule has 1 aliphatic rings. The topological polar surface area (TPSA) is 33.1 Å². The van der Waals surface area contributed by atoms with Crippen molar-refractivity contribution < 1.29 is 0 Å². The zero-order chi connectivity index (χ0) is 14.7. The fourth-order valence-corrected chi connectivity index (χ4v) is 3.05. The summed E-state index contributed by atoms with van der Waals surface area (Å²) >= 11 is 6.07. The van der Waals surface area contributed by atoms with Crippen LogP contribution in [0.4, 0.5) is 5.69 Å². The maximum Gasteiger partial charge on any atom is 0.122 e. The van der Waals surface area contributed by atoms with Crippen LogP contribution in [0.2, 0.25) is 5.02 Å². The number of nitrogens with one attached hydrogen (secondary N) is 1. The first-order chi connectivity index (χ1) is 10.3. The lowest BCUT2D eigenvalue weighted by Gasteiger charge is -2.19. The zero-order valence-corrected chi connectivity index (χ0v) is 13.1. The van der Waals surface area contributed by atoms with E-state index in [0.717, 1.165) is 43.4 Å². The van der Waals surface area contributed by atoms with Crippen LogP contribution in [0.3, 0.4) is 0 Å². The van der Waals surface area contributed by atoms with Crippen molar-refractivity contribution in [3.63, 3.8) is 0 Å². The molecule has 1 atom stereocenters. The van der Waals surface area contributed by atoms with Gasteiger partial charge in [0.25, 0.3) is 0 Å². The number of nitrogens with zero attached hydrogens (tertiary/aromatic N) is 3. The molecule has 0 radical (unpaired) electrons. The minimum atomic E-state index is 0.506. The third-order valence-corrected chi connectivity index (χ3v) is 4.29. The summed E-state index contributed by atoms with van der Waals surface area (Å²) in [7, 11) is 0. The lowest BCUT2D eigenvalue weighted by molar-refractivity contribution is 0.524. The summed E-state index contributed by atoms with van der Waals surface area (Å²) in [5, 5.41) is 4.41. The van der Waals surface area contributed by atoms with E-state index in [1.807, 2.05) is 30.6 Å². The number of imidazole rings is 1. The summed E-state index contributed by atoms with van der Waals surface area (Å²) in [4.78, 5) is 6.79. The van der Waals surface area contributed by atoms with Crippen LogP contribution in [0, 0.1) is 0 Å². The van der Waals surface area contributed by atoms with E-state index in [1.54, 1.807) is 0 Å². The summed E-state index contributed by atoms with van der Waals surface area (Å²) in [5.41, 5.74) is 1.21. The molecule has 0 saturated carbocycles. The molecule has 3 rings (SSSR count). The van der Waals surface area contributed by atoms with Crippen molar-refractivity contribution in [1.82, 2.24) is 14.9 Å². The van der Waals surface area contributed by atoms with Crippen LogP contribution in [0.15, 0.2) is 36.7 Å². The van der Waals surface area contributed by atoms with Gasteiger partial charge in [0.2, 0.25) is 0 Å². The average molecular weight is 305 g/mol. The Morgan fingerprint density at radius 2 is 2.33 bits per heavy atom. The molecule has 1 saturated heterocycles. The van der Waals surface area contributed by atoms with Crippen LogP contribution in [0.1, 0.15) is 19.2 Å². The molecule has 0 bridgehead atoms. The van der Waals surface area contributed by atoms with E-state index < -0.39 is 0 Å². The first-order valence-electron chi connectivity index (χ1n) is 7.50. The molecule has 0 spiro atoms. The third kappa shape index (κ3) is 3.39. The number of benzene rings is 1. The highest BCUT2D eigenvalue weighted by atomic mass is 35.5. The van der Waals surface area contributed by atoms with Crippen molar-refractivity contribution >= 4 is 17.3 Å². The summed E-state index contributed by atoms with van der Waals surface area (Å²) < 4.78 is 2.18. The Balaban J connectivity index is 1.55. The van der Waals surface area contributed by atoms with E-state index >= 15 is 0 Å². The quantitative estimate of drug-likeness (QED) is 0.922. The van der Waals surface area contributed by atoms with Crippen molar-refractivity contribution in [2.75, 3.05) is 18.0 Å². The fourth-order valence-electron chi connectivity index (χ4n) is 2.86. The minimum absolute atomic E-state index is 0.506. The van der Waals surface area contributed by atoms with Crippen molar-refractivity contribution in [2.24, 2.45) is 0 Å². The van der Waals surface area contributed by atoms with Crippen molar-refractivity contribution in [1.29, 1.82) is 0 Å². The Kier molecular flexibility index (Phi) is 4.46. The SMILES string of the molecule is CCn1ccnc1CN[C@H]1CCN(c2cccc(Cl)c2)C1. The summed E-state index contributed by atoms with van der Waals surface area (Å²) in [6, 6.07) is 8.59. The normalized spacial score (nSPS) is 18.4. The Morgan fingerprint density at radius 3 is 3.14 bits per heavy atom.